The summed E-state index contributed by atoms with van der Waals surface area (Å²) in [7, 11) is 0. The van der Waals surface area contributed by atoms with Crippen molar-refractivity contribution in [2.24, 2.45) is 0 Å². The number of thiazole rings is 1. The smallest absolute Gasteiger partial charge is 0.244 e. The number of aromatic nitrogens is 1. The van der Waals surface area contributed by atoms with Gasteiger partial charge >= 0.3 is 0 Å². The maximum Gasteiger partial charge on any atom is 0.244 e. The summed E-state index contributed by atoms with van der Waals surface area (Å²) in [5.74, 6) is -0.222. The van der Waals surface area contributed by atoms with Gasteiger partial charge in [0.15, 0.2) is 0 Å². The highest BCUT2D eigenvalue weighted by molar-refractivity contribution is 7.12. The monoisotopic (exact) mass is 294 g/mol. The van der Waals surface area contributed by atoms with E-state index in [9.17, 15) is 9.90 Å². The van der Waals surface area contributed by atoms with Crippen LogP contribution in [0, 0.1) is 6.92 Å². The zero-order valence-corrected chi connectivity index (χ0v) is 12.0. The zero-order chi connectivity index (χ0) is 13.7. The molecule has 0 radical (unpaired) electrons. The molecule has 1 unspecified atom stereocenters. The highest BCUT2D eigenvalue weighted by Crippen LogP contribution is 2.15. The number of hydrogen-bond donors (Lipinski definition) is 2. The number of aryl methyl sites for hydroxylation is 1. The highest BCUT2D eigenvalue weighted by Gasteiger charge is 2.08. The Balaban J connectivity index is 1.80. The summed E-state index contributed by atoms with van der Waals surface area (Å²) in [4.78, 5) is 16.6. The predicted molar refractivity (Wildman–Crippen MR) is 78.2 cm³/mol. The van der Waals surface area contributed by atoms with Crippen LogP contribution in [0.3, 0.4) is 0 Å². The molecule has 1 atom stereocenters. The van der Waals surface area contributed by atoms with E-state index >= 15 is 0 Å². The summed E-state index contributed by atoms with van der Waals surface area (Å²) in [5, 5.41) is 17.2. The first kappa shape index (κ1) is 13.9. The fourth-order valence-corrected chi connectivity index (χ4v) is 2.85. The molecule has 0 aliphatic heterocycles. The van der Waals surface area contributed by atoms with Gasteiger partial charge in [0, 0.05) is 23.7 Å². The van der Waals surface area contributed by atoms with Crippen molar-refractivity contribution < 1.29 is 9.90 Å². The van der Waals surface area contributed by atoms with Crippen LogP contribution in [0.4, 0.5) is 0 Å². The van der Waals surface area contributed by atoms with E-state index in [0.717, 1.165) is 15.4 Å². The van der Waals surface area contributed by atoms with Crippen LogP contribution in [0.15, 0.2) is 29.1 Å². The Bertz CT molecular complexity index is 561. The van der Waals surface area contributed by atoms with Crippen LogP contribution in [0.2, 0.25) is 0 Å². The summed E-state index contributed by atoms with van der Waals surface area (Å²) in [6, 6.07) is 1.84. The summed E-state index contributed by atoms with van der Waals surface area (Å²) < 4.78 is 0. The lowest BCUT2D eigenvalue weighted by Crippen LogP contribution is -2.26. The number of carbonyl (C=O) groups excluding carboxylic acids is 1. The number of aliphatic hydroxyl groups excluding tert-OH is 1. The number of rotatable bonds is 5. The van der Waals surface area contributed by atoms with Gasteiger partial charge < -0.3 is 10.4 Å². The predicted octanol–water partition coefficient (Wildman–Crippen LogP) is 2.38. The van der Waals surface area contributed by atoms with Gasteiger partial charge in [0.25, 0.3) is 0 Å². The molecule has 0 aliphatic carbocycles. The van der Waals surface area contributed by atoms with Crippen molar-refractivity contribution in [2.45, 2.75) is 13.0 Å². The van der Waals surface area contributed by atoms with Gasteiger partial charge in [-0.1, -0.05) is 0 Å². The van der Waals surface area contributed by atoms with Gasteiger partial charge in [-0.2, -0.15) is 11.3 Å². The van der Waals surface area contributed by atoms with Gasteiger partial charge in [-0.25, -0.2) is 4.98 Å². The van der Waals surface area contributed by atoms with Crippen LogP contribution in [-0.4, -0.2) is 22.5 Å². The maximum absolute atomic E-state index is 11.6. The molecule has 19 heavy (non-hydrogen) atoms. The van der Waals surface area contributed by atoms with Crippen molar-refractivity contribution in [3.8, 4) is 0 Å². The minimum Gasteiger partial charge on any atom is -0.387 e. The number of hydrogen-bond acceptors (Lipinski definition) is 5. The maximum atomic E-state index is 11.6. The van der Waals surface area contributed by atoms with Gasteiger partial charge in [0.05, 0.1) is 11.1 Å². The van der Waals surface area contributed by atoms with Crippen molar-refractivity contribution >= 4 is 34.7 Å². The largest absolute Gasteiger partial charge is 0.387 e. The highest BCUT2D eigenvalue weighted by atomic mass is 32.1. The van der Waals surface area contributed by atoms with Crippen LogP contribution in [0.1, 0.15) is 21.6 Å². The fraction of sp³-hybridized carbons (Fsp3) is 0.231. The van der Waals surface area contributed by atoms with Crippen molar-refractivity contribution in [1.29, 1.82) is 0 Å². The molecule has 2 N–H and O–H groups in total. The van der Waals surface area contributed by atoms with Gasteiger partial charge in [-0.05, 0) is 35.4 Å². The van der Waals surface area contributed by atoms with Crippen LogP contribution in [0.5, 0.6) is 0 Å². The Kier molecular flexibility index (Phi) is 4.84. The van der Waals surface area contributed by atoms with E-state index in [-0.39, 0.29) is 12.5 Å². The first-order valence-electron chi connectivity index (χ1n) is 5.73. The van der Waals surface area contributed by atoms with E-state index in [2.05, 4.69) is 10.3 Å². The van der Waals surface area contributed by atoms with Crippen molar-refractivity contribution in [1.82, 2.24) is 10.3 Å². The Hall–Kier alpha value is -1.50. The van der Waals surface area contributed by atoms with Gasteiger partial charge in [-0.3, -0.25) is 4.79 Å². The molecule has 4 nitrogen and oxygen atoms in total. The van der Waals surface area contributed by atoms with Gasteiger partial charge in [0.2, 0.25) is 5.91 Å². The topological polar surface area (TPSA) is 62.2 Å². The van der Waals surface area contributed by atoms with Gasteiger partial charge in [-0.15, -0.1) is 11.3 Å². The summed E-state index contributed by atoms with van der Waals surface area (Å²) in [5.41, 5.74) is 0.826. The Morgan fingerprint density at radius 3 is 3.11 bits per heavy atom. The number of carbonyl (C=O) groups is 1. The van der Waals surface area contributed by atoms with E-state index in [4.69, 9.17) is 0 Å². The molecule has 1 amide bonds. The number of thiophene rings is 1. The fourth-order valence-electron chi connectivity index (χ4n) is 1.45. The van der Waals surface area contributed by atoms with Crippen LogP contribution >= 0.6 is 22.7 Å². The summed E-state index contributed by atoms with van der Waals surface area (Å²) in [6.07, 6.45) is 4.24. The zero-order valence-electron chi connectivity index (χ0n) is 10.4. The standard InChI is InChI=1S/C13H14N2O2S2/c1-9-14-6-11(19-9)2-3-13(17)15-7-12(16)10-4-5-18-8-10/h2-6,8,12,16H,7H2,1H3,(H,15,17)/b3-2+. The molecule has 2 aromatic heterocycles. The molecule has 0 bridgehead atoms. The Morgan fingerprint density at radius 2 is 2.47 bits per heavy atom. The second-order valence-electron chi connectivity index (χ2n) is 3.93. The molecule has 0 aliphatic rings. The second kappa shape index (κ2) is 6.60. The third-order valence-corrected chi connectivity index (χ3v) is 4.02. The first-order valence-corrected chi connectivity index (χ1v) is 7.49. The number of aliphatic hydroxyl groups is 1. The number of nitrogens with zero attached hydrogens (tertiary/aromatic N) is 1. The molecule has 0 aromatic carbocycles. The quantitative estimate of drug-likeness (QED) is 0.832. The molecule has 2 rings (SSSR count). The molecular formula is C13H14N2O2S2. The van der Waals surface area contributed by atoms with E-state index in [0.29, 0.717) is 0 Å². The van der Waals surface area contributed by atoms with Crippen molar-refractivity contribution in [2.75, 3.05) is 6.54 Å². The minimum absolute atomic E-state index is 0.210. The summed E-state index contributed by atoms with van der Waals surface area (Å²) >= 11 is 3.05. The molecule has 2 heterocycles. The lowest BCUT2D eigenvalue weighted by Gasteiger charge is -2.08. The molecule has 0 saturated carbocycles. The lowest BCUT2D eigenvalue weighted by atomic mass is 10.2. The van der Waals surface area contributed by atoms with E-state index in [1.54, 1.807) is 12.3 Å². The van der Waals surface area contributed by atoms with Gasteiger partial charge in [0.1, 0.15) is 0 Å². The molecular weight excluding hydrogens is 280 g/mol. The Labute approximate surface area is 119 Å². The lowest BCUT2D eigenvalue weighted by molar-refractivity contribution is -0.116. The molecule has 6 heteroatoms. The average Bonchev–Trinajstić information content (AvgIpc) is 3.04. The summed E-state index contributed by atoms with van der Waals surface area (Å²) in [6.45, 7) is 2.13. The number of amides is 1. The SMILES string of the molecule is Cc1ncc(/C=C/C(=O)NCC(O)c2ccsc2)s1. The number of nitrogens with one attached hydrogen (secondary N) is 1. The van der Waals surface area contributed by atoms with Crippen LogP contribution in [0.25, 0.3) is 6.08 Å². The molecule has 100 valence electrons. The molecule has 0 fully saturated rings. The van der Waals surface area contributed by atoms with Crippen molar-refractivity contribution in [3.63, 3.8) is 0 Å². The minimum atomic E-state index is -0.658. The van der Waals surface area contributed by atoms with Crippen LogP contribution < -0.4 is 5.32 Å². The molecule has 2 aromatic rings. The third kappa shape index (κ3) is 4.27. The van der Waals surface area contributed by atoms with E-state index < -0.39 is 6.10 Å². The third-order valence-electron chi connectivity index (χ3n) is 2.44. The normalized spacial score (nSPS) is 12.7. The molecule has 0 spiro atoms. The second-order valence-corrected chi connectivity index (χ2v) is 5.98. The van der Waals surface area contributed by atoms with Crippen molar-refractivity contribution in [3.05, 3.63) is 44.5 Å². The van der Waals surface area contributed by atoms with E-state index in [1.807, 2.05) is 23.8 Å². The van der Waals surface area contributed by atoms with Crippen LogP contribution in [-0.2, 0) is 4.79 Å². The Morgan fingerprint density at radius 1 is 1.63 bits per heavy atom. The first-order chi connectivity index (χ1) is 9.15. The molecule has 0 saturated heterocycles. The average molecular weight is 294 g/mol. The van der Waals surface area contributed by atoms with E-state index in [1.165, 1.54) is 28.7 Å².